The number of aromatic nitrogens is 1. The molecule has 0 atom stereocenters. The second-order valence-electron chi connectivity index (χ2n) is 4.48. The van der Waals surface area contributed by atoms with Crippen molar-refractivity contribution in [2.75, 3.05) is 12.4 Å². The van der Waals surface area contributed by atoms with Gasteiger partial charge in [0.2, 0.25) is 0 Å². The first kappa shape index (κ1) is 12.2. The van der Waals surface area contributed by atoms with Crippen LogP contribution in [0.4, 0.5) is 11.5 Å². The zero-order chi connectivity index (χ0) is 14.1. The molecular formula is C15H13N3O2. The molecule has 3 rings (SSSR count). The van der Waals surface area contributed by atoms with Crippen molar-refractivity contribution in [3.8, 4) is 11.1 Å². The van der Waals surface area contributed by atoms with Gasteiger partial charge in [0.05, 0.1) is 4.92 Å². The average Bonchev–Trinajstić information content (AvgIpc) is 2.85. The van der Waals surface area contributed by atoms with Gasteiger partial charge in [-0.05, 0) is 11.6 Å². The van der Waals surface area contributed by atoms with Crippen molar-refractivity contribution in [1.82, 2.24) is 4.98 Å². The minimum absolute atomic E-state index is 0.0938. The SMILES string of the molecule is CNc1[nH]c2ccc([N+](=O)[O-])cc2c1-c1ccccc1. The lowest BCUT2D eigenvalue weighted by Gasteiger charge is -2.04. The number of hydrogen-bond donors (Lipinski definition) is 2. The average molecular weight is 267 g/mol. The van der Waals surface area contributed by atoms with Crippen molar-refractivity contribution in [3.63, 3.8) is 0 Å². The quantitative estimate of drug-likeness (QED) is 0.560. The number of benzene rings is 2. The van der Waals surface area contributed by atoms with Crippen LogP contribution in [-0.4, -0.2) is 17.0 Å². The first-order chi connectivity index (χ1) is 9.70. The van der Waals surface area contributed by atoms with Crippen molar-refractivity contribution < 1.29 is 4.92 Å². The number of fused-ring (bicyclic) bond motifs is 1. The lowest BCUT2D eigenvalue weighted by molar-refractivity contribution is -0.384. The van der Waals surface area contributed by atoms with Gasteiger partial charge >= 0.3 is 0 Å². The van der Waals surface area contributed by atoms with Crippen LogP contribution in [0, 0.1) is 10.1 Å². The molecular weight excluding hydrogens is 254 g/mol. The Bertz CT molecular complexity index is 778. The molecule has 2 N–H and O–H groups in total. The molecule has 5 heteroatoms. The van der Waals surface area contributed by atoms with Gasteiger partial charge in [-0.2, -0.15) is 0 Å². The van der Waals surface area contributed by atoms with E-state index in [4.69, 9.17) is 0 Å². The van der Waals surface area contributed by atoms with Crippen LogP contribution in [-0.2, 0) is 0 Å². The molecule has 5 nitrogen and oxygen atoms in total. The highest BCUT2D eigenvalue weighted by molar-refractivity contribution is 6.03. The maximum atomic E-state index is 10.9. The Morgan fingerprint density at radius 3 is 2.55 bits per heavy atom. The van der Waals surface area contributed by atoms with Gasteiger partial charge in [-0.25, -0.2) is 0 Å². The molecule has 1 aromatic heterocycles. The van der Waals surface area contributed by atoms with Crippen LogP contribution in [0.15, 0.2) is 48.5 Å². The summed E-state index contributed by atoms with van der Waals surface area (Å²) in [6.07, 6.45) is 0. The molecule has 0 spiro atoms. The van der Waals surface area contributed by atoms with E-state index in [1.165, 1.54) is 6.07 Å². The molecule has 0 bridgehead atoms. The number of nitro groups is 1. The van der Waals surface area contributed by atoms with Crippen molar-refractivity contribution >= 4 is 22.4 Å². The largest absolute Gasteiger partial charge is 0.374 e. The summed E-state index contributed by atoms with van der Waals surface area (Å²) in [4.78, 5) is 13.8. The summed E-state index contributed by atoms with van der Waals surface area (Å²) in [7, 11) is 1.82. The van der Waals surface area contributed by atoms with Crippen LogP contribution in [0.2, 0.25) is 0 Å². The van der Waals surface area contributed by atoms with Crippen LogP contribution < -0.4 is 5.32 Å². The summed E-state index contributed by atoms with van der Waals surface area (Å²) in [5.41, 5.74) is 2.94. The van der Waals surface area contributed by atoms with E-state index in [0.717, 1.165) is 27.8 Å². The van der Waals surface area contributed by atoms with E-state index < -0.39 is 0 Å². The summed E-state index contributed by atoms with van der Waals surface area (Å²) in [6.45, 7) is 0. The van der Waals surface area contributed by atoms with Gasteiger partial charge in [0.25, 0.3) is 5.69 Å². The van der Waals surface area contributed by atoms with E-state index in [1.54, 1.807) is 12.1 Å². The Hall–Kier alpha value is -2.82. The molecule has 0 radical (unpaired) electrons. The topological polar surface area (TPSA) is 71.0 Å². The van der Waals surface area contributed by atoms with Gasteiger partial charge in [-0.15, -0.1) is 0 Å². The highest BCUT2D eigenvalue weighted by Crippen LogP contribution is 2.37. The van der Waals surface area contributed by atoms with Crippen LogP contribution in [0.3, 0.4) is 0 Å². The molecule has 0 saturated heterocycles. The number of anilines is 1. The minimum atomic E-state index is -0.375. The standard InChI is InChI=1S/C15H13N3O2/c1-16-15-14(10-5-3-2-4-6-10)12-9-11(18(19)20)7-8-13(12)17-15/h2-9,16-17H,1H3. The Morgan fingerprint density at radius 2 is 1.90 bits per heavy atom. The second kappa shape index (κ2) is 4.70. The van der Waals surface area contributed by atoms with Crippen molar-refractivity contribution in [2.24, 2.45) is 0 Å². The van der Waals surface area contributed by atoms with Gasteiger partial charge < -0.3 is 10.3 Å². The number of hydrogen-bond acceptors (Lipinski definition) is 3. The van der Waals surface area contributed by atoms with Crippen LogP contribution in [0.25, 0.3) is 22.0 Å². The maximum absolute atomic E-state index is 10.9. The lowest BCUT2D eigenvalue weighted by Crippen LogP contribution is -1.90. The lowest BCUT2D eigenvalue weighted by atomic mass is 10.0. The first-order valence-corrected chi connectivity index (χ1v) is 6.24. The van der Waals surface area contributed by atoms with Gasteiger partial charge in [0.15, 0.2) is 0 Å². The molecule has 0 fully saturated rings. The summed E-state index contributed by atoms with van der Waals surface area (Å²) >= 11 is 0. The fourth-order valence-electron chi connectivity index (χ4n) is 2.39. The van der Waals surface area contributed by atoms with Gasteiger partial charge in [0.1, 0.15) is 5.82 Å². The Balaban J connectivity index is 2.32. The number of nitrogens with zero attached hydrogens (tertiary/aromatic N) is 1. The highest BCUT2D eigenvalue weighted by Gasteiger charge is 2.15. The first-order valence-electron chi connectivity index (χ1n) is 6.24. The van der Waals surface area contributed by atoms with E-state index in [9.17, 15) is 10.1 Å². The number of nitrogens with one attached hydrogen (secondary N) is 2. The van der Waals surface area contributed by atoms with Crippen LogP contribution >= 0.6 is 0 Å². The number of aromatic amines is 1. The van der Waals surface area contributed by atoms with Crippen LogP contribution in [0.1, 0.15) is 0 Å². The van der Waals surface area contributed by atoms with Crippen molar-refractivity contribution in [2.45, 2.75) is 0 Å². The number of H-pyrrole nitrogens is 1. The monoisotopic (exact) mass is 267 g/mol. The third kappa shape index (κ3) is 1.89. The van der Waals surface area contributed by atoms with E-state index in [-0.39, 0.29) is 10.6 Å². The zero-order valence-corrected chi connectivity index (χ0v) is 10.9. The summed E-state index contributed by atoms with van der Waals surface area (Å²) < 4.78 is 0. The molecule has 0 saturated carbocycles. The predicted octanol–water partition coefficient (Wildman–Crippen LogP) is 3.78. The van der Waals surface area contributed by atoms with Gasteiger partial charge in [0, 0.05) is 35.6 Å². The Morgan fingerprint density at radius 1 is 1.15 bits per heavy atom. The highest BCUT2D eigenvalue weighted by atomic mass is 16.6. The second-order valence-corrected chi connectivity index (χ2v) is 4.48. The summed E-state index contributed by atoms with van der Waals surface area (Å²) in [5, 5.41) is 14.9. The fraction of sp³-hybridized carbons (Fsp3) is 0.0667. The van der Waals surface area contributed by atoms with E-state index in [0.29, 0.717) is 0 Å². The number of nitro benzene ring substituents is 1. The number of rotatable bonds is 3. The summed E-state index contributed by atoms with van der Waals surface area (Å²) in [6, 6.07) is 14.7. The molecule has 0 amide bonds. The normalized spacial score (nSPS) is 10.7. The Labute approximate surface area is 115 Å². The van der Waals surface area contributed by atoms with Crippen LogP contribution in [0.5, 0.6) is 0 Å². The van der Waals surface area contributed by atoms with Crippen molar-refractivity contribution in [1.29, 1.82) is 0 Å². The molecule has 0 aliphatic heterocycles. The molecule has 0 unspecified atom stereocenters. The van der Waals surface area contributed by atoms with Crippen molar-refractivity contribution in [3.05, 3.63) is 58.6 Å². The van der Waals surface area contributed by atoms with Gasteiger partial charge in [-0.1, -0.05) is 30.3 Å². The minimum Gasteiger partial charge on any atom is -0.374 e. The molecule has 1 heterocycles. The fourth-order valence-corrected chi connectivity index (χ4v) is 2.39. The smallest absolute Gasteiger partial charge is 0.270 e. The molecule has 3 aromatic rings. The van der Waals surface area contributed by atoms with E-state index in [2.05, 4.69) is 10.3 Å². The third-order valence-electron chi connectivity index (χ3n) is 3.31. The van der Waals surface area contributed by atoms with E-state index in [1.807, 2.05) is 37.4 Å². The predicted molar refractivity (Wildman–Crippen MR) is 79.9 cm³/mol. The number of non-ortho nitro benzene ring substituents is 1. The Kier molecular flexibility index (Phi) is 2.87. The summed E-state index contributed by atoms with van der Waals surface area (Å²) in [5.74, 6) is 0.853. The maximum Gasteiger partial charge on any atom is 0.270 e. The molecule has 100 valence electrons. The molecule has 0 aliphatic rings. The molecule has 2 aromatic carbocycles. The molecule has 0 aliphatic carbocycles. The van der Waals surface area contributed by atoms with Gasteiger partial charge in [-0.3, -0.25) is 10.1 Å². The molecule has 20 heavy (non-hydrogen) atoms. The third-order valence-corrected chi connectivity index (χ3v) is 3.31. The zero-order valence-electron chi connectivity index (χ0n) is 10.9. The van der Waals surface area contributed by atoms with E-state index >= 15 is 0 Å².